The van der Waals surface area contributed by atoms with E-state index in [1.165, 1.54) is 10.5 Å². The fourth-order valence-electron chi connectivity index (χ4n) is 4.58. The lowest BCUT2D eigenvalue weighted by Gasteiger charge is -2.29. The molecule has 2 aromatic heterocycles. The van der Waals surface area contributed by atoms with E-state index < -0.39 is 34.5 Å². The number of aryl methyl sites for hydroxylation is 2. The first-order chi connectivity index (χ1) is 23.6. The van der Waals surface area contributed by atoms with E-state index in [0.29, 0.717) is 62.0 Å². The van der Waals surface area contributed by atoms with Crippen LogP contribution in [0.5, 0.6) is 0 Å². The average Bonchev–Trinajstić information content (AvgIpc) is 3.02. The molecule has 6 bridgehead atoms. The van der Waals surface area contributed by atoms with Crippen LogP contribution in [0.25, 0.3) is 0 Å². The Balaban J connectivity index is 0.000000424. The number of carboxylic acids is 2. The number of pyridine rings is 1. The number of halogens is 7. The number of amides is 1. The van der Waals surface area contributed by atoms with Gasteiger partial charge in [-0.25, -0.2) is 19.7 Å². The molecule has 23 heteroatoms. The molecule has 1 fully saturated rings. The summed E-state index contributed by atoms with van der Waals surface area (Å²) < 4.78 is 87.8. The van der Waals surface area contributed by atoms with E-state index >= 15 is 0 Å². The molecule has 1 aromatic carbocycles. The topological polar surface area (TPSA) is 230 Å². The standard InChI is InChI=1S/C24H27ClN8O3S.2C2HF3O2/c25-20-14-28-24-30-19-9-16(12-27-13-19)1-2-17-11-18(29-23(20)32-24)3-4-21(17)31-22(34)10-15-5-7-33(8-6-15)37(26,35)36;2*3-2(4,5)1(6)7/h3-4,9,11-15H,1-2,5-8,10H2,(H,31,34)(H2,26,35,36)(H2,28,29,30,32);2*(H,6,7). The Morgan fingerprint density at radius 3 is 2.12 bits per heavy atom. The highest BCUT2D eigenvalue weighted by Crippen LogP contribution is 2.30. The fourth-order valence-corrected chi connectivity index (χ4v) is 5.44. The Kier molecular flexibility index (Phi) is 13.5. The van der Waals surface area contributed by atoms with Crippen LogP contribution < -0.4 is 21.1 Å². The Morgan fingerprint density at radius 2 is 1.55 bits per heavy atom. The molecule has 4 heterocycles. The molecule has 7 N–H and O–H groups in total. The number of aromatic nitrogens is 3. The van der Waals surface area contributed by atoms with Crippen LogP contribution >= 0.6 is 11.6 Å². The van der Waals surface area contributed by atoms with Crippen molar-refractivity contribution in [1.29, 1.82) is 0 Å². The maximum Gasteiger partial charge on any atom is 0.490 e. The number of hydrogen-bond acceptors (Lipinski definition) is 10. The van der Waals surface area contributed by atoms with E-state index in [1.54, 1.807) is 6.20 Å². The van der Waals surface area contributed by atoms with Crippen molar-refractivity contribution >= 4 is 68.5 Å². The summed E-state index contributed by atoms with van der Waals surface area (Å²) >= 11 is 6.33. The van der Waals surface area contributed by atoms with Crippen LogP contribution in [0.4, 0.5) is 55.2 Å². The zero-order chi connectivity index (χ0) is 38.1. The van der Waals surface area contributed by atoms with E-state index in [2.05, 4.69) is 30.9 Å². The highest BCUT2D eigenvalue weighted by Gasteiger charge is 2.39. The van der Waals surface area contributed by atoms with Crippen LogP contribution in [0.2, 0.25) is 5.02 Å². The number of nitrogens with two attached hydrogens (primary N) is 1. The summed E-state index contributed by atoms with van der Waals surface area (Å²) in [6, 6.07) is 7.69. The molecule has 2 aliphatic rings. The first kappa shape index (κ1) is 40.6. The van der Waals surface area contributed by atoms with E-state index in [4.69, 9.17) is 36.5 Å². The van der Waals surface area contributed by atoms with Gasteiger partial charge in [0, 0.05) is 37.1 Å². The Bertz CT molecular complexity index is 1820. The minimum Gasteiger partial charge on any atom is -0.475 e. The van der Waals surface area contributed by atoms with Gasteiger partial charge in [0.2, 0.25) is 11.9 Å². The second-order valence-electron chi connectivity index (χ2n) is 10.8. The highest BCUT2D eigenvalue weighted by atomic mass is 35.5. The largest absolute Gasteiger partial charge is 0.490 e. The SMILES string of the molecule is NS(=O)(=O)N1CCC(CC(=O)Nc2ccc3cc2CCc2cncc(c2)Nc2ncc(Cl)c(n2)N3)CC1.O=C(O)C(F)(F)F.O=C(O)C(F)(F)F. The number of carbonyl (C=O) groups excluding carboxylic acids is 1. The molecule has 0 spiro atoms. The molecular weight excluding hydrogens is 742 g/mol. The van der Waals surface area contributed by atoms with Gasteiger partial charge in [-0.15, -0.1) is 0 Å². The summed E-state index contributed by atoms with van der Waals surface area (Å²) in [4.78, 5) is 43.8. The number of benzene rings is 1. The van der Waals surface area contributed by atoms with Gasteiger partial charge in [0.15, 0.2) is 5.82 Å². The summed E-state index contributed by atoms with van der Waals surface area (Å²) in [6.45, 7) is 0.662. The molecule has 2 aliphatic heterocycles. The van der Waals surface area contributed by atoms with Crippen LogP contribution in [-0.2, 0) is 37.4 Å². The van der Waals surface area contributed by atoms with Gasteiger partial charge in [-0.05, 0) is 67.0 Å². The second-order valence-corrected chi connectivity index (χ2v) is 12.8. The minimum atomic E-state index is -5.08. The molecule has 15 nitrogen and oxygen atoms in total. The smallest absolute Gasteiger partial charge is 0.475 e. The number of nitrogens with one attached hydrogen (secondary N) is 3. The molecule has 51 heavy (non-hydrogen) atoms. The lowest BCUT2D eigenvalue weighted by atomic mass is 9.94. The number of alkyl halides is 6. The summed E-state index contributed by atoms with van der Waals surface area (Å²) in [5.74, 6) is -4.68. The fraction of sp³-hybridized carbons (Fsp3) is 0.357. The predicted octanol–water partition coefficient (Wildman–Crippen LogP) is 4.62. The van der Waals surface area contributed by atoms with E-state index in [-0.39, 0.29) is 11.8 Å². The number of anilines is 5. The molecule has 3 aromatic rings. The summed E-state index contributed by atoms with van der Waals surface area (Å²) in [7, 11) is -3.69. The number of carboxylic acid groups (broad SMARTS) is 2. The zero-order valence-electron chi connectivity index (χ0n) is 25.9. The normalized spacial score (nSPS) is 15.0. The van der Waals surface area contributed by atoms with Crippen molar-refractivity contribution in [3.63, 3.8) is 0 Å². The van der Waals surface area contributed by atoms with Crippen molar-refractivity contribution in [2.45, 2.75) is 44.5 Å². The molecule has 1 amide bonds. The monoisotopic (exact) mass is 770 g/mol. The number of hydrogen-bond donors (Lipinski definition) is 6. The molecule has 0 saturated carbocycles. The molecular formula is C28H29ClF6N8O7S. The van der Waals surface area contributed by atoms with E-state index in [9.17, 15) is 39.6 Å². The molecule has 278 valence electrons. The number of rotatable bonds is 4. The molecule has 0 unspecified atom stereocenters. The Hall–Kier alpha value is -4.80. The number of nitrogens with zero attached hydrogens (tertiary/aromatic N) is 4. The summed E-state index contributed by atoms with van der Waals surface area (Å²) in [6.07, 6.45) is -2.24. The number of fused-ring (bicyclic) bond motifs is 6. The van der Waals surface area contributed by atoms with Crippen LogP contribution in [0, 0.1) is 5.92 Å². The predicted molar refractivity (Wildman–Crippen MR) is 170 cm³/mol. The van der Waals surface area contributed by atoms with Gasteiger partial charge in [-0.3, -0.25) is 9.78 Å². The van der Waals surface area contributed by atoms with Crippen molar-refractivity contribution in [3.05, 3.63) is 59.0 Å². The van der Waals surface area contributed by atoms with Gasteiger partial charge in [0.25, 0.3) is 10.2 Å². The summed E-state index contributed by atoms with van der Waals surface area (Å²) in [5.41, 5.74) is 4.24. The molecule has 0 radical (unpaired) electrons. The molecule has 5 rings (SSSR count). The third kappa shape index (κ3) is 13.1. The van der Waals surface area contributed by atoms with Crippen molar-refractivity contribution in [2.24, 2.45) is 11.1 Å². The van der Waals surface area contributed by atoms with Gasteiger partial charge in [0.05, 0.1) is 18.1 Å². The van der Waals surface area contributed by atoms with Crippen LogP contribution in [0.15, 0.2) is 42.9 Å². The Labute approximate surface area is 290 Å². The van der Waals surface area contributed by atoms with Crippen molar-refractivity contribution in [3.8, 4) is 0 Å². The Morgan fingerprint density at radius 1 is 0.941 bits per heavy atom. The molecule has 0 atom stereocenters. The number of piperidine rings is 1. The van der Waals surface area contributed by atoms with Crippen molar-refractivity contribution in [2.75, 3.05) is 29.0 Å². The molecule has 0 aliphatic carbocycles. The second kappa shape index (κ2) is 16.9. The quantitative estimate of drug-likeness (QED) is 0.200. The lowest BCUT2D eigenvalue weighted by Crippen LogP contribution is -2.42. The first-order valence-corrected chi connectivity index (χ1v) is 16.3. The summed E-state index contributed by atoms with van der Waals surface area (Å²) in [5, 5.41) is 29.3. The van der Waals surface area contributed by atoms with Crippen molar-refractivity contribution < 1.29 is 59.4 Å². The van der Waals surface area contributed by atoms with Gasteiger partial charge < -0.3 is 26.2 Å². The minimum absolute atomic E-state index is 0.0967. The van der Waals surface area contributed by atoms with Gasteiger partial charge >= 0.3 is 24.3 Å². The third-order valence-corrected chi connectivity index (χ3v) is 8.37. The zero-order valence-corrected chi connectivity index (χ0v) is 27.5. The highest BCUT2D eigenvalue weighted by molar-refractivity contribution is 7.86. The van der Waals surface area contributed by atoms with Crippen molar-refractivity contribution in [1.82, 2.24) is 19.3 Å². The van der Waals surface area contributed by atoms with Gasteiger partial charge in [-0.2, -0.15) is 44.0 Å². The first-order valence-electron chi connectivity index (χ1n) is 14.4. The number of carbonyl (C=O) groups is 3. The van der Waals surface area contributed by atoms with Crippen LogP contribution in [0.3, 0.4) is 0 Å². The number of aliphatic carboxylic acids is 2. The molecule has 1 saturated heterocycles. The van der Waals surface area contributed by atoms with Crippen LogP contribution in [-0.4, -0.2) is 81.2 Å². The average molecular weight is 771 g/mol. The van der Waals surface area contributed by atoms with E-state index in [1.807, 2.05) is 30.5 Å². The van der Waals surface area contributed by atoms with Gasteiger partial charge in [0.1, 0.15) is 5.02 Å². The van der Waals surface area contributed by atoms with Crippen LogP contribution in [0.1, 0.15) is 30.4 Å². The van der Waals surface area contributed by atoms with E-state index in [0.717, 1.165) is 28.2 Å². The van der Waals surface area contributed by atoms with Gasteiger partial charge in [-0.1, -0.05) is 11.6 Å². The third-order valence-electron chi connectivity index (χ3n) is 7.01. The maximum absolute atomic E-state index is 12.9. The lowest BCUT2D eigenvalue weighted by molar-refractivity contribution is -0.193. The maximum atomic E-state index is 12.9.